The number of allylic oxidation sites excluding steroid dienone is 2. The van der Waals surface area contributed by atoms with Gasteiger partial charge in [-0.25, -0.2) is 0 Å². The summed E-state index contributed by atoms with van der Waals surface area (Å²) in [6.45, 7) is -0.158. The molecule has 0 amide bonds. The molecule has 1 aliphatic carbocycles. The van der Waals surface area contributed by atoms with E-state index < -0.39 is 11.3 Å². The van der Waals surface area contributed by atoms with E-state index >= 15 is 0 Å². The molecule has 108 valence electrons. The molecule has 1 heteroatoms. The molecular formula is C20H22O. The fraction of sp³-hybridized carbons (Fsp3) is 0.300. The van der Waals surface area contributed by atoms with E-state index in [1.54, 1.807) is 6.08 Å². The normalized spacial score (nSPS) is 24.0. The van der Waals surface area contributed by atoms with Crippen LogP contribution in [0.15, 0.2) is 72.8 Å². The Labute approximate surface area is 129 Å². The van der Waals surface area contributed by atoms with Gasteiger partial charge in [0, 0.05) is 6.79 Å². The van der Waals surface area contributed by atoms with Crippen molar-refractivity contribution in [2.45, 2.75) is 24.7 Å². The summed E-state index contributed by atoms with van der Waals surface area (Å²) >= 11 is 0. The molecule has 1 N–H and O–H groups in total. The second kappa shape index (κ2) is 6.28. The molecule has 3 rings (SSSR count). The van der Waals surface area contributed by atoms with Crippen LogP contribution in [0.1, 0.15) is 33.1 Å². The number of aliphatic hydroxyl groups excluding tert-OH is 1. The third-order valence-corrected chi connectivity index (χ3v) is 4.36. The van der Waals surface area contributed by atoms with Gasteiger partial charge in [-0.15, -0.1) is 0 Å². The zero-order valence-corrected chi connectivity index (χ0v) is 12.1. The van der Waals surface area contributed by atoms with Gasteiger partial charge in [-0.1, -0.05) is 72.8 Å². The zero-order chi connectivity index (χ0) is 16.3. The van der Waals surface area contributed by atoms with Crippen molar-refractivity contribution in [2.75, 3.05) is 6.61 Å². The van der Waals surface area contributed by atoms with Gasteiger partial charge in [0.05, 0.1) is 7.98 Å². The summed E-state index contributed by atoms with van der Waals surface area (Å²) in [6, 6.07) is 20.1. The van der Waals surface area contributed by atoms with E-state index in [0.29, 0.717) is 18.9 Å². The Bertz CT molecular complexity index is 642. The molecule has 0 fully saturated rings. The molecule has 0 bridgehead atoms. The van der Waals surface area contributed by atoms with Gasteiger partial charge in [0.1, 0.15) is 0 Å². The third-order valence-electron chi connectivity index (χ3n) is 4.36. The van der Waals surface area contributed by atoms with Crippen LogP contribution in [0, 0.1) is 5.89 Å². The van der Waals surface area contributed by atoms with E-state index in [2.05, 4.69) is 0 Å². The SMILES string of the molecule is [2H]C1=CC([2H])(C(CO)(c2ccccc2)c2ccccc2)CCC1. The van der Waals surface area contributed by atoms with Crippen molar-refractivity contribution in [3.05, 3.63) is 83.9 Å². The number of aliphatic hydroxyl groups is 1. The Hall–Kier alpha value is -1.86. The number of hydrogen-bond donors (Lipinski definition) is 1. The summed E-state index contributed by atoms with van der Waals surface area (Å²) in [6.07, 6.45) is 3.90. The highest BCUT2D eigenvalue weighted by Gasteiger charge is 2.40. The van der Waals surface area contributed by atoms with E-state index in [4.69, 9.17) is 1.37 Å². The predicted molar refractivity (Wildman–Crippen MR) is 87.2 cm³/mol. The molecule has 0 saturated carbocycles. The number of benzene rings is 2. The van der Waals surface area contributed by atoms with Crippen molar-refractivity contribution in [3.63, 3.8) is 0 Å². The second-order valence-corrected chi connectivity index (χ2v) is 5.52. The summed E-state index contributed by atoms with van der Waals surface area (Å²) in [5.74, 6) is -1.03. The lowest BCUT2D eigenvalue weighted by Crippen LogP contribution is -2.40. The van der Waals surface area contributed by atoms with Crippen LogP contribution in [0.2, 0.25) is 0 Å². The molecule has 1 unspecified atom stereocenters. The Morgan fingerprint density at radius 1 is 1.05 bits per heavy atom. The molecular weight excluding hydrogens is 256 g/mol. The second-order valence-electron chi connectivity index (χ2n) is 5.52. The van der Waals surface area contributed by atoms with Crippen LogP contribution in [-0.2, 0) is 5.41 Å². The van der Waals surface area contributed by atoms with Gasteiger partial charge in [0.2, 0.25) is 0 Å². The smallest absolute Gasteiger partial charge is 0.0574 e. The fourth-order valence-electron chi connectivity index (χ4n) is 3.25. The monoisotopic (exact) mass is 280 g/mol. The average Bonchev–Trinajstić information content (AvgIpc) is 2.57. The first-order valence-electron chi connectivity index (χ1n) is 8.53. The van der Waals surface area contributed by atoms with Crippen molar-refractivity contribution in [1.29, 1.82) is 0 Å². The Morgan fingerprint density at radius 2 is 1.62 bits per heavy atom. The van der Waals surface area contributed by atoms with Crippen molar-refractivity contribution in [3.8, 4) is 0 Å². The summed E-state index contributed by atoms with van der Waals surface area (Å²) in [4.78, 5) is 0. The van der Waals surface area contributed by atoms with Gasteiger partial charge < -0.3 is 5.11 Å². The summed E-state index contributed by atoms with van der Waals surface area (Å²) in [5.41, 5.74) is 0.992. The lowest BCUT2D eigenvalue weighted by Gasteiger charge is -2.40. The molecule has 0 radical (unpaired) electrons. The maximum atomic E-state index is 10.5. The van der Waals surface area contributed by atoms with Crippen LogP contribution in [0.25, 0.3) is 0 Å². The third kappa shape index (κ3) is 2.54. The lowest BCUT2D eigenvalue weighted by atomic mass is 9.64. The quantitative estimate of drug-likeness (QED) is 0.827. The van der Waals surface area contributed by atoms with Crippen molar-refractivity contribution >= 4 is 0 Å². The molecule has 0 heterocycles. The standard InChI is InChI=1S/C20H22O/c21-16-20(17-10-4-1-5-11-17,18-12-6-2-7-13-18)19-14-8-3-9-15-19/h1-2,4-8,10-14,19,21H,3,9,15-16H2/i8D,19D. The van der Waals surface area contributed by atoms with E-state index in [0.717, 1.165) is 17.5 Å². The molecule has 2 aromatic carbocycles. The minimum Gasteiger partial charge on any atom is -0.395 e. The highest BCUT2D eigenvalue weighted by Crippen LogP contribution is 2.43. The minimum atomic E-state index is -1.03. The van der Waals surface area contributed by atoms with Crippen molar-refractivity contribution < 1.29 is 7.85 Å². The molecule has 2 aromatic rings. The maximum Gasteiger partial charge on any atom is 0.0574 e. The largest absolute Gasteiger partial charge is 0.395 e. The molecule has 21 heavy (non-hydrogen) atoms. The van der Waals surface area contributed by atoms with Gasteiger partial charge in [-0.2, -0.15) is 0 Å². The number of hydrogen-bond acceptors (Lipinski definition) is 1. The van der Waals surface area contributed by atoms with Crippen LogP contribution < -0.4 is 0 Å². The first-order chi connectivity index (χ1) is 11.1. The van der Waals surface area contributed by atoms with Crippen LogP contribution in [0.3, 0.4) is 0 Å². The Balaban J connectivity index is 2.28. The van der Waals surface area contributed by atoms with Crippen LogP contribution >= 0.6 is 0 Å². The van der Waals surface area contributed by atoms with Gasteiger partial charge in [-0.05, 0) is 36.3 Å². The molecule has 1 atom stereocenters. The summed E-state index contributed by atoms with van der Waals surface area (Å²) in [7, 11) is 0. The molecule has 1 nitrogen and oxygen atoms in total. The average molecular weight is 280 g/mol. The van der Waals surface area contributed by atoms with Crippen molar-refractivity contribution in [2.24, 2.45) is 5.89 Å². The molecule has 1 aliphatic rings. The Kier molecular flexibility index (Phi) is 3.52. The molecule has 0 spiro atoms. The topological polar surface area (TPSA) is 20.2 Å². The maximum absolute atomic E-state index is 10.5. The van der Waals surface area contributed by atoms with Crippen LogP contribution in [0.4, 0.5) is 0 Å². The van der Waals surface area contributed by atoms with E-state index in [-0.39, 0.29) is 6.61 Å². The van der Waals surface area contributed by atoms with Crippen LogP contribution in [0.5, 0.6) is 0 Å². The highest BCUT2D eigenvalue weighted by atomic mass is 16.3. The molecule has 0 saturated heterocycles. The van der Waals surface area contributed by atoms with Gasteiger partial charge >= 0.3 is 0 Å². The predicted octanol–water partition coefficient (Wildman–Crippen LogP) is 4.32. The van der Waals surface area contributed by atoms with Gasteiger partial charge in [-0.3, -0.25) is 0 Å². The molecule has 0 aliphatic heterocycles. The van der Waals surface area contributed by atoms with E-state index in [1.807, 2.05) is 60.7 Å². The number of rotatable bonds is 4. The fourth-order valence-corrected chi connectivity index (χ4v) is 3.25. The van der Waals surface area contributed by atoms with Crippen molar-refractivity contribution in [1.82, 2.24) is 0 Å². The first-order valence-corrected chi connectivity index (χ1v) is 7.53. The molecule has 0 aromatic heterocycles. The summed E-state index contributed by atoms with van der Waals surface area (Å²) in [5, 5.41) is 10.5. The Morgan fingerprint density at radius 3 is 2.10 bits per heavy atom. The van der Waals surface area contributed by atoms with Crippen LogP contribution in [-0.4, -0.2) is 11.7 Å². The van der Waals surface area contributed by atoms with E-state index in [9.17, 15) is 6.48 Å². The minimum absolute atomic E-state index is 0.158. The first kappa shape index (κ1) is 11.8. The van der Waals surface area contributed by atoms with Gasteiger partial charge in [0.25, 0.3) is 0 Å². The summed E-state index contributed by atoms with van der Waals surface area (Å²) < 4.78 is 17.2. The lowest BCUT2D eigenvalue weighted by molar-refractivity contribution is 0.177. The van der Waals surface area contributed by atoms with Gasteiger partial charge in [0.15, 0.2) is 0 Å². The zero-order valence-electron chi connectivity index (χ0n) is 14.1. The van der Waals surface area contributed by atoms with E-state index in [1.165, 1.54) is 0 Å². The highest BCUT2D eigenvalue weighted by molar-refractivity contribution is 5.42.